The molecule has 1 aliphatic heterocycles. The van der Waals surface area contributed by atoms with Crippen LogP contribution < -0.4 is 5.73 Å². The van der Waals surface area contributed by atoms with Crippen molar-refractivity contribution in [3.05, 3.63) is 35.9 Å². The topological polar surface area (TPSA) is 55.6 Å². The molecule has 2 N–H and O–H groups in total. The number of rotatable bonds is 2. The zero-order valence-corrected chi connectivity index (χ0v) is 11.0. The molecule has 0 spiro atoms. The minimum Gasteiger partial charge on any atom is -0.445 e. The number of nitrogens with two attached hydrogens (primary N) is 1. The quantitative estimate of drug-likeness (QED) is 0.884. The Morgan fingerprint density at radius 3 is 2.47 bits per heavy atom. The lowest BCUT2D eigenvalue weighted by atomic mass is 10.2. The summed E-state index contributed by atoms with van der Waals surface area (Å²) in [5, 5.41) is 0. The average molecular weight is 260 g/mol. The van der Waals surface area contributed by atoms with E-state index in [0.29, 0.717) is 24.5 Å². The Labute approximate surface area is 113 Å². The minimum absolute atomic E-state index is 0.196. The number of benzene rings is 1. The maximum atomic E-state index is 12.0. The van der Waals surface area contributed by atoms with Crippen LogP contribution in [0.25, 0.3) is 0 Å². The molecule has 3 rings (SSSR count). The number of hydrogen-bond donors (Lipinski definition) is 1. The zero-order chi connectivity index (χ0) is 13.2. The van der Waals surface area contributed by atoms with E-state index < -0.39 is 0 Å². The monoisotopic (exact) mass is 260 g/mol. The van der Waals surface area contributed by atoms with Crippen molar-refractivity contribution in [1.82, 2.24) is 4.90 Å². The van der Waals surface area contributed by atoms with Crippen LogP contribution in [-0.2, 0) is 11.3 Å². The molecule has 0 radical (unpaired) electrons. The highest BCUT2D eigenvalue weighted by Gasteiger charge is 2.48. The van der Waals surface area contributed by atoms with Crippen molar-refractivity contribution in [1.29, 1.82) is 0 Å². The lowest BCUT2D eigenvalue weighted by Crippen LogP contribution is -2.33. The van der Waals surface area contributed by atoms with Gasteiger partial charge in [0.2, 0.25) is 0 Å². The fourth-order valence-electron chi connectivity index (χ4n) is 3.00. The Morgan fingerprint density at radius 2 is 1.84 bits per heavy atom. The minimum atomic E-state index is -0.196. The van der Waals surface area contributed by atoms with Crippen molar-refractivity contribution in [2.24, 2.45) is 17.6 Å². The van der Waals surface area contributed by atoms with Gasteiger partial charge in [0.15, 0.2) is 0 Å². The molecule has 0 bridgehead atoms. The molecule has 4 heteroatoms. The van der Waals surface area contributed by atoms with Crippen LogP contribution in [0.3, 0.4) is 0 Å². The molecule has 19 heavy (non-hydrogen) atoms. The van der Waals surface area contributed by atoms with Crippen molar-refractivity contribution in [2.45, 2.75) is 25.5 Å². The largest absolute Gasteiger partial charge is 0.445 e. The SMILES string of the molecule is N[C@H]1[C@H]2CCN(C(=O)OCc3ccccc3)CC[C@@H]12. The zero-order valence-electron chi connectivity index (χ0n) is 11.0. The number of amides is 1. The van der Waals surface area contributed by atoms with Crippen molar-refractivity contribution >= 4 is 6.09 Å². The van der Waals surface area contributed by atoms with E-state index in [0.717, 1.165) is 31.5 Å². The van der Waals surface area contributed by atoms with Gasteiger partial charge in [-0.05, 0) is 30.2 Å². The van der Waals surface area contributed by atoms with E-state index in [2.05, 4.69) is 0 Å². The summed E-state index contributed by atoms with van der Waals surface area (Å²) in [5.41, 5.74) is 6.99. The van der Waals surface area contributed by atoms with E-state index in [1.165, 1.54) is 0 Å². The molecule has 0 unspecified atom stereocenters. The van der Waals surface area contributed by atoms with Crippen LogP contribution in [0.1, 0.15) is 18.4 Å². The molecule has 102 valence electrons. The van der Waals surface area contributed by atoms with Crippen LogP contribution in [0.4, 0.5) is 4.79 Å². The van der Waals surface area contributed by atoms with E-state index in [-0.39, 0.29) is 6.09 Å². The maximum Gasteiger partial charge on any atom is 0.410 e. The number of fused-ring (bicyclic) bond motifs is 1. The molecule has 3 atom stereocenters. The fourth-order valence-corrected chi connectivity index (χ4v) is 3.00. The Kier molecular flexibility index (Phi) is 3.42. The van der Waals surface area contributed by atoms with Crippen LogP contribution in [0.5, 0.6) is 0 Å². The molecule has 1 saturated carbocycles. The third kappa shape index (κ3) is 2.73. The normalized spacial score (nSPS) is 29.3. The Hall–Kier alpha value is -1.55. The Balaban J connectivity index is 1.48. The van der Waals surface area contributed by atoms with Crippen LogP contribution in [0, 0.1) is 11.8 Å². The summed E-state index contributed by atoms with van der Waals surface area (Å²) in [6, 6.07) is 10.2. The van der Waals surface area contributed by atoms with Gasteiger partial charge in [0.25, 0.3) is 0 Å². The van der Waals surface area contributed by atoms with Crippen molar-refractivity contribution < 1.29 is 9.53 Å². The molecule has 1 heterocycles. The van der Waals surface area contributed by atoms with Crippen LogP contribution in [0.15, 0.2) is 30.3 Å². The first-order valence-corrected chi connectivity index (χ1v) is 6.97. The second-order valence-electron chi connectivity index (χ2n) is 5.51. The van der Waals surface area contributed by atoms with Gasteiger partial charge in [0, 0.05) is 19.1 Å². The van der Waals surface area contributed by atoms with Crippen LogP contribution >= 0.6 is 0 Å². The van der Waals surface area contributed by atoms with E-state index in [4.69, 9.17) is 10.5 Å². The highest BCUT2D eigenvalue weighted by atomic mass is 16.6. The summed E-state index contributed by atoms with van der Waals surface area (Å²) in [7, 11) is 0. The standard InChI is InChI=1S/C15H20N2O2/c16-14-12-6-8-17(9-7-13(12)14)15(18)19-10-11-4-2-1-3-5-11/h1-5,12-14H,6-10,16H2/t12-,13+,14-. The van der Waals surface area contributed by atoms with Gasteiger partial charge in [-0.2, -0.15) is 0 Å². The molecule has 1 aliphatic carbocycles. The van der Waals surface area contributed by atoms with Gasteiger partial charge >= 0.3 is 6.09 Å². The van der Waals surface area contributed by atoms with Crippen molar-refractivity contribution in [2.75, 3.05) is 13.1 Å². The lowest BCUT2D eigenvalue weighted by molar-refractivity contribution is 0.0962. The Morgan fingerprint density at radius 1 is 1.21 bits per heavy atom. The van der Waals surface area contributed by atoms with Gasteiger partial charge < -0.3 is 15.4 Å². The number of likely N-dealkylation sites (tertiary alicyclic amines) is 1. The number of carbonyl (C=O) groups is 1. The third-order valence-corrected chi connectivity index (χ3v) is 4.33. The van der Waals surface area contributed by atoms with E-state index in [1.54, 1.807) is 0 Å². The lowest BCUT2D eigenvalue weighted by Gasteiger charge is -2.20. The summed E-state index contributed by atoms with van der Waals surface area (Å²) in [4.78, 5) is 13.8. The van der Waals surface area contributed by atoms with Gasteiger partial charge in [-0.15, -0.1) is 0 Å². The molecule has 1 saturated heterocycles. The van der Waals surface area contributed by atoms with E-state index in [9.17, 15) is 4.79 Å². The van der Waals surface area contributed by atoms with Gasteiger partial charge in [0.1, 0.15) is 6.61 Å². The van der Waals surface area contributed by atoms with Crippen LogP contribution in [-0.4, -0.2) is 30.1 Å². The molecule has 0 aromatic heterocycles. The maximum absolute atomic E-state index is 12.0. The predicted molar refractivity (Wildman–Crippen MR) is 72.4 cm³/mol. The molecule has 1 amide bonds. The second kappa shape index (κ2) is 5.21. The molecule has 2 fully saturated rings. The molecule has 1 aromatic carbocycles. The highest BCUT2D eigenvalue weighted by molar-refractivity contribution is 5.67. The van der Waals surface area contributed by atoms with Crippen molar-refractivity contribution in [3.8, 4) is 0 Å². The van der Waals surface area contributed by atoms with Gasteiger partial charge in [-0.25, -0.2) is 4.79 Å². The first-order valence-electron chi connectivity index (χ1n) is 6.97. The smallest absolute Gasteiger partial charge is 0.410 e. The van der Waals surface area contributed by atoms with Gasteiger partial charge in [0.05, 0.1) is 0 Å². The Bertz CT molecular complexity index is 435. The molecule has 4 nitrogen and oxygen atoms in total. The second-order valence-corrected chi connectivity index (χ2v) is 5.51. The fraction of sp³-hybridized carbons (Fsp3) is 0.533. The predicted octanol–water partition coefficient (Wildman–Crippen LogP) is 1.99. The first kappa shape index (κ1) is 12.5. The molecular weight excluding hydrogens is 240 g/mol. The van der Waals surface area contributed by atoms with E-state index in [1.807, 2.05) is 35.2 Å². The van der Waals surface area contributed by atoms with Crippen molar-refractivity contribution in [3.63, 3.8) is 0 Å². The number of carbonyl (C=O) groups excluding carboxylic acids is 1. The summed E-state index contributed by atoms with van der Waals surface area (Å²) >= 11 is 0. The summed E-state index contributed by atoms with van der Waals surface area (Å²) in [5.74, 6) is 1.26. The summed E-state index contributed by atoms with van der Waals surface area (Å²) in [6.45, 7) is 1.91. The summed E-state index contributed by atoms with van der Waals surface area (Å²) < 4.78 is 5.36. The van der Waals surface area contributed by atoms with Crippen LogP contribution in [0.2, 0.25) is 0 Å². The number of ether oxygens (including phenoxy) is 1. The molecule has 2 aliphatic rings. The number of nitrogens with zero attached hydrogens (tertiary/aromatic N) is 1. The van der Waals surface area contributed by atoms with E-state index >= 15 is 0 Å². The first-order chi connectivity index (χ1) is 9.25. The van der Waals surface area contributed by atoms with Gasteiger partial charge in [-0.3, -0.25) is 0 Å². The number of hydrogen-bond acceptors (Lipinski definition) is 3. The van der Waals surface area contributed by atoms with Gasteiger partial charge in [-0.1, -0.05) is 30.3 Å². The highest BCUT2D eigenvalue weighted by Crippen LogP contribution is 2.44. The molecular formula is C15H20N2O2. The molecule has 1 aromatic rings. The summed E-state index contributed by atoms with van der Waals surface area (Å²) in [6.07, 6.45) is 1.84. The third-order valence-electron chi connectivity index (χ3n) is 4.33. The average Bonchev–Trinajstić information content (AvgIpc) is 3.12.